The highest BCUT2D eigenvalue weighted by Gasteiger charge is 2.27. The summed E-state index contributed by atoms with van der Waals surface area (Å²) in [5, 5.41) is 4.87. The van der Waals surface area contributed by atoms with Gasteiger partial charge in [-0.05, 0) is 73.8 Å². The van der Waals surface area contributed by atoms with Gasteiger partial charge in [0.15, 0.2) is 5.13 Å². The first-order valence-corrected chi connectivity index (χ1v) is 14.7. The molecule has 1 fully saturated rings. The first-order valence-electron chi connectivity index (χ1n) is 13.0. The number of carbonyl (C=O) groups is 1. The van der Waals surface area contributed by atoms with Gasteiger partial charge < -0.3 is 4.90 Å². The summed E-state index contributed by atoms with van der Waals surface area (Å²) in [4.78, 5) is 34.3. The summed E-state index contributed by atoms with van der Waals surface area (Å²) in [6.45, 7) is 2.15. The zero-order valence-electron chi connectivity index (χ0n) is 21.6. The predicted molar refractivity (Wildman–Crippen MR) is 156 cm³/mol. The van der Waals surface area contributed by atoms with Crippen LogP contribution in [-0.4, -0.2) is 40.5 Å². The summed E-state index contributed by atoms with van der Waals surface area (Å²) in [6.07, 6.45) is 4.79. The number of amides is 1. The number of likely N-dealkylation sites (tertiary alicyclic amines) is 1. The van der Waals surface area contributed by atoms with Crippen molar-refractivity contribution in [2.45, 2.75) is 24.8 Å². The minimum Gasteiger partial charge on any atom is -0.306 e. The van der Waals surface area contributed by atoms with E-state index in [0.717, 1.165) is 47.1 Å². The predicted octanol–water partition coefficient (Wildman–Crippen LogP) is 6.50. The third-order valence-electron chi connectivity index (χ3n) is 7.41. The van der Waals surface area contributed by atoms with Crippen LogP contribution in [0.2, 0.25) is 0 Å². The molecule has 6 nitrogen and oxygen atoms in total. The molecule has 0 saturated carbocycles. The van der Waals surface area contributed by atoms with E-state index in [4.69, 9.17) is 0 Å². The Kier molecular flexibility index (Phi) is 7.31. The number of aromatic nitrogens is 2. The Morgan fingerprint density at radius 3 is 2.58 bits per heavy atom. The maximum atomic E-state index is 15.5. The minimum absolute atomic E-state index is 0.192. The fourth-order valence-corrected chi connectivity index (χ4v) is 6.91. The second-order valence-corrected chi connectivity index (χ2v) is 12.0. The monoisotopic (exact) mass is 576 g/mol. The van der Waals surface area contributed by atoms with Crippen molar-refractivity contribution in [3.05, 3.63) is 105 Å². The summed E-state index contributed by atoms with van der Waals surface area (Å²) in [5.41, 5.74) is 1.87. The van der Waals surface area contributed by atoms with E-state index in [1.807, 2.05) is 12.1 Å². The summed E-state index contributed by atoms with van der Waals surface area (Å²) >= 11 is 2.39. The molecule has 1 aliphatic heterocycles. The number of pyridine rings is 1. The molecule has 10 heteroatoms. The van der Waals surface area contributed by atoms with E-state index in [9.17, 15) is 14.0 Å². The summed E-state index contributed by atoms with van der Waals surface area (Å²) in [6, 6.07) is 14.1. The number of carbonyl (C=O) groups excluding carboxylic acids is 1. The van der Waals surface area contributed by atoms with E-state index < -0.39 is 29.1 Å². The molecule has 0 aliphatic carbocycles. The molecule has 4 heterocycles. The summed E-state index contributed by atoms with van der Waals surface area (Å²) in [5.74, 6) is -1.31. The van der Waals surface area contributed by atoms with Crippen molar-refractivity contribution >= 4 is 43.8 Å². The van der Waals surface area contributed by atoms with Gasteiger partial charge in [0.05, 0.1) is 0 Å². The third-order valence-corrected chi connectivity index (χ3v) is 9.27. The molecule has 1 atom stereocenters. The van der Waals surface area contributed by atoms with Crippen LogP contribution in [-0.2, 0) is 4.79 Å². The van der Waals surface area contributed by atoms with Crippen LogP contribution < -0.4 is 10.9 Å². The van der Waals surface area contributed by atoms with Crippen molar-refractivity contribution in [3.63, 3.8) is 0 Å². The lowest BCUT2D eigenvalue weighted by atomic mass is 9.89. The van der Waals surface area contributed by atoms with Gasteiger partial charge in [0.25, 0.3) is 11.5 Å². The Balaban J connectivity index is 1.38. The number of nitrogens with zero attached hydrogens (tertiary/aromatic N) is 3. The zero-order chi connectivity index (χ0) is 27.8. The molecule has 1 amide bonds. The number of hydrogen-bond donors (Lipinski definition) is 1. The molecule has 0 bridgehead atoms. The van der Waals surface area contributed by atoms with Crippen molar-refractivity contribution in [2.75, 3.05) is 25.5 Å². The van der Waals surface area contributed by atoms with Crippen LogP contribution in [0.15, 0.2) is 77.2 Å². The standard InChI is InChI=1S/C30H26F2N4O2S2/c1-35-12-9-19(10-13-35)18-5-7-20(8-6-18)25-16-23-24(32)17-36(29(38)27(23)40-25)26(21-3-2-4-22(31)15-21)28(37)34-30-33-11-14-39-30/h2-8,11,14-17,19,26H,9-10,12-13H2,1H3,(H,33,34,37). The van der Waals surface area contributed by atoms with Crippen molar-refractivity contribution in [1.29, 1.82) is 0 Å². The Hall–Kier alpha value is -3.73. The van der Waals surface area contributed by atoms with Gasteiger partial charge in [-0.15, -0.1) is 22.7 Å². The van der Waals surface area contributed by atoms with Crippen molar-refractivity contribution in [2.24, 2.45) is 0 Å². The highest BCUT2D eigenvalue weighted by atomic mass is 32.1. The van der Waals surface area contributed by atoms with Crippen LogP contribution >= 0.6 is 22.7 Å². The van der Waals surface area contributed by atoms with E-state index in [1.165, 1.54) is 58.7 Å². The topological polar surface area (TPSA) is 67.2 Å². The van der Waals surface area contributed by atoms with Crippen LogP contribution in [0.1, 0.15) is 35.9 Å². The first kappa shape index (κ1) is 26.5. The molecule has 6 rings (SSSR count). The number of halogens is 2. The average molecular weight is 577 g/mol. The van der Waals surface area contributed by atoms with E-state index in [0.29, 0.717) is 11.0 Å². The highest BCUT2D eigenvalue weighted by molar-refractivity contribution is 7.22. The van der Waals surface area contributed by atoms with Gasteiger partial charge in [0, 0.05) is 28.0 Å². The second kappa shape index (κ2) is 11.0. The van der Waals surface area contributed by atoms with Gasteiger partial charge in [-0.1, -0.05) is 36.4 Å². The first-order chi connectivity index (χ1) is 19.4. The number of hydrogen-bond acceptors (Lipinski definition) is 6. The van der Waals surface area contributed by atoms with Gasteiger partial charge in [0.1, 0.15) is 22.4 Å². The van der Waals surface area contributed by atoms with Gasteiger partial charge >= 0.3 is 0 Å². The molecule has 1 aliphatic rings. The number of fused-ring (bicyclic) bond motifs is 1. The molecule has 1 N–H and O–H groups in total. The lowest BCUT2D eigenvalue weighted by Crippen LogP contribution is -2.34. The van der Waals surface area contributed by atoms with Crippen LogP contribution in [0, 0.1) is 11.6 Å². The maximum Gasteiger partial charge on any atom is 0.269 e. The number of thiophene rings is 1. The number of rotatable bonds is 6. The summed E-state index contributed by atoms with van der Waals surface area (Å²) < 4.78 is 30.9. The largest absolute Gasteiger partial charge is 0.306 e. The molecule has 40 heavy (non-hydrogen) atoms. The molecule has 0 spiro atoms. The molecular formula is C30H26F2N4O2S2. The Labute approximate surface area is 237 Å². The Morgan fingerprint density at radius 1 is 1.10 bits per heavy atom. The van der Waals surface area contributed by atoms with E-state index >= 15 is 4.39 Å². The highest BCUT2D eigenvalue weighted by Crippen LogP contribution is 2.36. The zero-order valence-corrected chi connectivity index (χ0v) is 23.3. The van der Waals surface area contributed by atoms with E-state index in [2.05, 4.69) is 34.4 Å². The fraction of sp³-hybridized carbons (Fsp3) is 0.233. The molecule has 1 unspecified atom stereocenters. The molecular weight excluding hydrogens is 550 g/mol. The van der Waals surface area contributed by atoms with Crippen LogP contribution in [0.25, 0.3) is 20.5 Å². The second-order valence-electron chi connectivity index (χ2n) is 10.0. The molecule has 5 aromatic rings. The lowest BCUT2D eigenvalue weighted by Gasteiger charge is -2.29. The number of thiazole rings is 1. The third kappa shape index (κ3) is 5.22. The molecule has 0 radical (unpaired) electrons. The fourth-order valence-electron chi connectivity index (χ4n) is 5.26. The maximum absolute atomic E-state index is 15.5. The minimum atomic E-state index is -1.30. The van der Waals surface area contributed by atoms with Gasteiger partial charge in [0.2, 0.25) is 0 Å². The van der Waals surface area contributed by atoms with Crippen LogP contribution in [0.3, 0.4) is 0 Å². The molecule has 204 valence electrons. The number of nitrogens with one attached hydrogen (secondary N) is 1. The number of benzene rings is 2. The molecule has 2 aromatic carbocycles. The molecule has 1 saturated heterocycles. The van der Waals surface area contributed by atoms with Crippen molar-refractivity contribution in [3.8, 4) is 10.4 Å². The Bertz CT molecular complexity index is 1720. The van der Waals surface area contributed by atoms with Crippen molar-refractivity contribution < 1.29 is 13.6 Å². The van der Waals surface area contributed by atoms with Crippen LogP contribution in [0.4, 0.5) is 13.9 Å². The van der Waals surface area contributed by atoms with E-state index in [1.54, 1.807) is 11.4 Å². The normalized spacial score (nSPS) is 15.4. The number of piperidine rings is 1. The smallest absolute Gasteiger partial charge is 0.269 e. The van der Waals surface area contributed by atoms with Gasteiger partial charge in [-0.25, -0.2) is 13.8 Å². The van der Waals surface area contributed by atoms with E-state index in [-0.39, 0.29) is 15.6 Å². The summed E-state index contributed by atoms with van der Waals surface area (Å²) in [7, 11) is 2.14. The average Bonchev–Trinajstić information content (AvgIpc) is 3.63. The van der Waals surface area contributed by atoms with Gasteiger partial charge in [-0.3, -0.25) is 19.5 Å². The lowest BCUT2D eigenvalue weighted by molar-refractivity contribution is -0.118. The molecule has 3 aromatic heterocycles. The van der Waals surface area contributed by atoms with Crippen LogP contribution in [0.5, 0.6) is 0 Å². The Morgan fingerprint density at radius 2 is 1.88 bits per heavy atom. The van der Waals surface area contributed by atoms with Crippen molar-refractivity contribution in [1.82, 2.24) is 14.5 Å². The quantitative estimate of drug-likeness (QED) is 0.251. The SMILES string of the molecule is CN1CCC(c2ccc(-c3cc4c(F)cn(C(C(=O)Nc5nccs5)c5cccc(F)c5)c(=O)c4s3)cc2)CC1. The van der Waals surface area contributed by atoms with Gasteiger partial charge in [-0.2, -0.15) is 0 Å². The number of anilines is 1.